The normalized spacial score (nSPS) is 12.1. The third kappa shape index (κ3) is 1.50. The van der Waals surface area contributed by atoms with Crippen LogP contribution in [0.5, 0.6) is 0 Å². The van der Waals surface area contributed by atoms with Crippen LogP contribution in [0, 0.1) is 6.08 Å². The Morgan fingerprint density at radius 2 is 1.91 bits per heavy atom. The molecule has 0 saturated heterocycles. The van der Waals surface area contributed by atoms with Crippen molar-refractivity contribution in [3.63, 3.8) is 0 Å². The average Bonchev–Trinajstić information content (AvgIpc) is 2.08. The van der Waals surface area contributed by atoms with Crippen molar-refractivity contribution in [3.05, 3.63) is 11.4 Å². The summed E-state index contributed by atoms with van der Waals surface area (Å²) in [6, 6.07) is 0. The Hall–Kier alpha value is -0.640. The van der Waals surface area contributed by atoms with Gasteiger partial charge in [-0.25, -0.2) is 0 Å². The van der Waals surface area contributed by atoms with Gasteiger partial charge in [-0.2, -0.15) is 4.39 Å². The highest BCUT2D eigenvalue weighted by Gasteiger charge is 2.21. The van der Waals surface area contributed by atoms with Gasteiger partial charge >= 0.3 is 6.08 Å². The van der Waals surface area contributed by atoms with Gasteiger partial charge in [0.1, 0.15) is 0 Å². The van der Waals surface area contributed by atoms with Gasteiger partial charge < -0.3 is 0 Å². The molecule has 1 aromatic heterocycles. The minimum atomic E-state index is -0.650. The van der Waals surface area contributed by atoms with E-state index in [0.29, 0.717) is 0 Å². The van der Waals surface area contributed by atoms with Crippen molar-refractivity contribution in [2.45, 2.75) is 26.3 Å². The summed E-state index contributed by atoms with van der Waals surface area (Å²) in [7, 11) is 0. The minimum Gasteiger partial charge on any atom is -0.269 e. The Bertz CT molecular complexity index is 244. The van der Waals surface area contributed by atoms with Crippen LogP contribution >= 0.6 is 11.6 Å². The maximum Gasteiger partial charge on any atom is 0.310 e. The lowest BCUT2D eigenvalue weighted by Gasteiger charge is -2.20. The lowest BCUT2D eigenvalue weighted by molar-refractivity contribution is 0.327. The molecule has 0 amide bonds. The molecule has 1 rings (SSSR count). The molecular formula is C6H9ClFN3. The smallest absolute Gasteiger partial charge is 0.269 e. The first-order chi connectivity index (χ1) is 4.93. The summed E-state index contributed by atoms with van der Waals surface area (Å²) >= 11 is 5.58. The topological polar surface area (TPSA) is 30.7 Å². The van der Waals surface area contributed by atoms with Crippen LogP contribution in [0.25, 0.3) is 0 Å². The molecule has 5 heteroatoms. The molecule has 0 bridgehead atoms. The van der Waals surface area contributed by atoms with Crippen molar-refractivity contribution in [1.82, 2.24) is 14.8 Å². The fourth-order valence-electron chi connectivity index (χ4n) is 0.802. The summed E-state index contributed by atoms with van der Waals surface area (Å²) in [4.78, 5) is 0. The van der Waals surface area contributed by atoms with Crippen molar-refractivity contribution >= 4 is 11.6 Å². The van der Waals surface area contributed by atoms with Gasteiger partial charge in [0.25, 0.3) is 0 Å². The minimum absolute atomic E-state index is 0.0787. The molecule has 11 heavy (non-hydrogen) atoms. The van der Waals surface area contributed by atoms with Crippen LogP contribution < -0.4 is 0 Å². The van der Waals surface area contributed by atoms with E-state index < -0.39 is 11.6 Å². The third-order valence-corrected chi connectivity index (χ3v) is 1.50. The van der Waals surface area contributed by atoms with E-state index in [1.807, 2.05) is 20.8 Å². The maximum atomic E-state index is 12.8. The predicted octanol–water partition coefficient (Wildman–Crippen LogP) is 1.83. The van der Waals surface area contributed by atoms with Gasteiger partial charge in [0.15, 0.2) is 0 Å². The summed E-state index contributed by atoms with van der Waals surface area (Å²) in [5.41, 5.74) is -0.412. The Morgan fingerprint density at radius 1 is 1.36 bits per heavy atom. The molecule has 0 aliphatic carbocycles. The first-order valence-corrected chi connectivity index (χ1v) is 3.57. The average molecular weight is 178 g/mol. The quantitative estimate of drug-likeness (QED) is 0.605. The lowest BCUT2D eigenvalue weighted by atomic mass is 10.1. The number of nitrogens with zero attached hydrogens (tertiary/aromatic N) is 3. The number of hydrogen-bond acceptors (Lipinski definition) is 2. The van der Waals surface area contributed by atoms with Crippen LogP contribution in [0.3, 0.4) is 0 Å². The molecule has 0 N–H and O–H groups in total. The van der Waals surface area contributed by atoms with Crippen molar-refractivity contribution in [1.29, 1.82) is 0 Å². The van der Waals surface area contributed by atoms with Gasteiger partial charge in [0, 0.05) is 5.54 Å². The number of aromatic nitrogens is 3. The summed E-state index contributed by atoms with van der Waals surface area (Å²) in [6.07, 6.45) is -0.650. The van der Waals surface area contributed by atoms with Gasteiger partial charge in [0.05, 0.1) is 0 Å². The molecule has 0 aliphatic rings. The highest BCUT2D eigenvalue weighted by atomic mass is 35.5. The zero-order valence-electron chi connectivity index (χ0n) is 6.60. The Labute approximate surface area is 69.2 Å². The fraction of sp³-hybridized carbons (Fsp3) is 0.667. The van der Waals surface area contributed by atoms with E-state index in [2.05, 4.69) is 10.2 Å². The number of hydrogen-bond donors (Lipinski definition) is 0. The van der Waals surface area contributed by atoms with E-state index in [9.17, 15) is 4.39 Å². The molecule has 3 nitrogen and oxygen atoms in total. The van der Waals surface area contributed by atoms with E-state index in [0.717, 1.165) is 0 Å². The first-order valence-electron chi connectivity index (χ1n) is 3.20. The monoisotopic (exact) mass is 177 g/mol. The maximum absolute atomic E-state index is 12.8. The van der Waals surface area contributed by atoms with E-state index in [1.54, 1.807) is 0 Å². The molecule has 62 valence electrons. The molecule has 0 unspecified atom stereocenters. The lowest BCUT2D eigenvalue weighted by Crippen LogP contribution is -2.23. The summed E-state index contributed by atoms with van der Waals surface area (Å²) in [6.45, 7) is 5.47. The predicted molar refractivity (Wildman–Crippen MR) is 40.0 cm³/mol. The second-order valence-electron chi connectivity index (χ2n) is 3.24. The van der Waals surface area contributed by atoms with Crippen molar-refractivity contribution < 1.29 is 4.39 Å². The zero-order valence-corrected chi connectivity index (χ0v) is 7.35. The molecular weight excluding hydrogens is 169 g/mol. The SMILES string of the molecule is CC(C)(C)n1c(F)nnc1Cl. The van der Waals surface area contributed by atoms with E-state index >= 15 is 0 Å². The molecule has 0 radical (unpaired) electrons. The Morgan fingerprint density at radius 3 is 2.09 bits per heavy atom. The molecule has 0 aliphatic heterocycles. The zero-order chi connectivity index (χ0) is 8.65. The molecule has 0 spiro atoms. The molecule has 1 heterocycles. The second-order valence-corrected chi connectivity index (χ2v) is 3.58. The number of halogens is 2. The van der Waals surface area contributed by atoms with Gasteiger partial charge in [-0.05, 0) is 32.4 Å². The molecule has 0 atom stereocenters. The second kappa shape index (κ2) is 2.44. The van der Waals surface area contributed by atoms with Gasteiger partial charge in [-0.1, -0.05) is 5.10 Å². The summed E-state index contributed by atoms with van der Waals surface area (Å²) in [5.74, 6) is 0. The highest BCUT2D eigenvalue weighted by Crippen LogP contribution is 2.20. The standard InChI is InChI=1S/C6H9ClFN3/c1-6(2,3)11-4(7)9-10-5(11)8/h1-3H3. The Balaban J connectivity index is 3.21. The van der Waals surface area contributed by atoms with Crippen LogP contribution in [-0.2, 0) is 5.54 Å². The van der Waals surface area contributed by atoms with Crippen molar-refractivity contribution in [2.24, 2.45) is 0 Å². The van der Waals surface area contributed by atoms with Crippen LogP contribution in [-0.4, -0.2) is 14.8 Å². The molecule has 0 saturated carbocycles. The van der Waals surface area contributed by atoms with Gasteiger partial charge in [0.2, 0.25) is 5.28 Å². The van der Waals surface area contributed by atoms with E-state index in [4.69, 9.17) is 11.6 Å². The van der Waals surface area contributed by atoms with Crippen LogP contribution in [0.2, 0.25) is 5.28 Å². The van der Waals surface area contributed by atoms with E-state index in [1.165, 1.54) is 4.57 Å². The third-order valence-electron chi connectivity index (χ3n) is 1.25. The molecule has 1 aromatic rings. The van der Waals surface area contributed by atoms with Crippen molar-refractivity contribution in [3.8, 4) is 0 Å². The van der Waals surface area contributed by atoms with Crippen LogP contribution in [0.4, 0.5) is 4.39 Å². The largest absolute Gasteiger partial charge is 0.310 e. The first kappa shape index (κ1) is 8.46. The fourth-order valence-corrected chi connectivity index (χ4v) is 1.16. The van der Waals surface area contributed by atoms with Crippen LogP contribution in [0.15, 0.2) is 0 Å². The van der Waals surface area contributed by atoms with Gasteiger partial charge in [-0.3, -0.25) is 4.57 Å². The van der Waals surface area contributed by atoms with Crippen molar-refractivity contribution in [2.75, 3.05) is 0 Å². The summed E-state index contributed by atoms with van der Waals surface area (Å²) in [5, 5.41) is 6.66. The Kier molecular flexibility index (Phi) is 1.88. The highest BCUT2D eigenvalue weighted by molar-refractivity contribution is 6.28. The van der Waals surface area contributed by atoms with Crippen LogP contribution in [0.1, 0.15) is 20.8 Å². The van der Waals surface area contributed by atoms with Gasteiger partial charge in [-0.15, -0.1) is 5.10 Å². The van der Waals surface area contributed by atoms with E-state index in [-0.39, 0.29) is 5.28 Å². The number of rotatable bonds is 0. The molecule has 0 fully saturated rings. The summed E-state index contributed by atoms with van der Waals surface area (Å²) < 4.78 is 14.0. The molecule has 0 aromatic carbocycles.